The lowest BCUT2D eigenvalue weighted by molar-refractivity contribution is -0.142. The Bertz CT molecular complexity index is 1230. The molecular weight excluding hydrogens is 465 g/mol. The van der Waals surface area contributed by atoms with Gasteiger partial charge in [-0.25, -0.2) is 4.98 Å². The molecule has 2 amide bonds. The van der Waals surface area contributed by atoms with Crippen molar-refractivity contribution in [1.82, 2.24) is 19.2 Å². The Labute approximate surface area is 190 Å². The van der Waals surface area contributed by atoms with E-state index in [0.717, 1.165) is 10.5 Å². The summed E-state index contributed by atoms with van der Waals surface area (Å²) in [6.07, 6.45) is -0.192. The van der Waals surface area contributed by atoms with Crippen LogP contribution in [-0.2, 0) is 11.0 Å². The van der Waals surface area contributed by atoms with Crippen LogP contribution < -0.4 is 0 Å². The van der Waals surface area contributed by atoms with E-state index in [2.05, 4.69) is 4.98 Å². The fourth-order valence-electron chi connectivity index (χ4n) is 4.26. The van der Waals surface area contributed by atoms with E-state index in [9.17, 15) is 27.9 Å². The maximum Gasteiger partial charge on any atom is 0.420 e. The lowest BCUT2D eigenvalue weighted by Crippen LogP contribution is -2.59. The molecular formula is C21H18ClF3N4O4. The van der Waals surface area contributed by atoms with Crippen LogP contribution in [0.4, 0.5) is 13.2 Å². The Morgan fingerprint density at radius 3 is 2.61 bits per heavy atom. The van der Waals surface area contributed by atoms with Crippen LogP contribution in [-0.4, -0.2) is 67.9 Å². The highest BCUT2D eigenvalue weighted by molar-refractivity contribution is 6.33. The van der Waals surface area contributed by atoms with Crippen molar-refractivity contribution in [2.45, 2.75) is 31.2 Å². The van der Waals surface area contributed by atoms with Crippen molar-refractivity contribution in [3.63, 3.8) is 0 Å². The van der Waals surface area contributed by atoms with Gasteiger partial charge in [0.25, 0.3) is 5.91 Å². The normalized spacial score (nSPS) is 21.5. The van der Waals surface area contributed by atoms with Gasteiger partial charge < -0.3 is 19.3 Å². The monoisotopic (exact) mass is 482 g/mol. The van der Waals surface area contributed by atoms with Crippen LogP contribution in [0.15, 0.2) is 35.3 Å². The van der Waals surface area contributed by atoms with E-state index in [0.29, 0.717) is 18.4 Å². The number of aliphatic hydroxyl groups excluding tert-OH is 1. The second-order valence-electron chi connectivity index (χ2n) is 8.19. The number of halogens is 4. The molecule has 1 aliphatic carbocycles. The molecule has 174 valence electrons. The van der Waals surface area contributed by atoms with Crippen LogP contribution in [0.25, 0.3) is 16.8 Å². The maximum absolute atomic E-state index is 13.8. The molecule has 3 aromatic heterocycles. The molecule has 2 aliphatic rings. The third-order valence-corrected chi connectivity index (χ3v) is 6.46. The highest BCUT2D eigenvalue weighted by Crippen LogP contribution is 2.37. The molecule has 1 saturated carbocycles. The Balaban J connectivity index is 1.48. The van der Waals surface area contributed by atoms with Crippen molar-refractivity contribution in [1.29, 1.82) is 0 Å². The first kappa shape index (κ1) is 21.8. The fourth-order valence-corrected chi connectivity index (χ4v) is 4.51. The minimum absolute atomic E-state index is 0.0563. The van der Waals surface area contributed by atoms with Gasteiger partial charge in [-0.05, 0) is 25.0 Å². The molecule has 3 aromatic rings. The summed E-state index contributed by atoms with van der Waals surface area (Å²) in [4.78, 5) is 32.4. The fraction of sp³-hybridized carbons (Fsp3) is 0.381. The summed E-state index contributed by atoms with van der Waals surface area (Å²) in [7, 11) is 0. The average molecular weight is 483 g/mol. The van der Waals surface area contributed by atoms with Gasteiger partial charge in [0, 0.05) is 36.5 Å². The van der Waals surface area contributed by atoms with Crippen molar-refractivity contribution < 1.29 is 32.3 Å². The Morgan fingerprint density at radius 2 is 2.00 bits per heavy atom. The largest absolute Gasteiger partial charge is 0.472 e. The Morgan fingerprint density at radius 1 is 1.24 bits per heavy atom. The number of fused-ring (bicyclic) bond motifs is 1. The second kappa shape index (κ2) is 7.77. The van der Waals surface area contributed by atoms with Crippen LogP contribution in [0.3, 0.4) is 0 Å². The van der Waals surface area contributed by atoms with Crippen molar-refractivity contribution in [3.8, 4) is 11.1 Å². The standard InChI is InChI=1S/C21H18ClF3N4O4/c22-18-17(20(32)27-2-3-28(16(31)9-27)13-6-14(30)7-13)26-19-15(21(23,24)25)5-12(8-29(18)19)11-1-4-33-10-11/h1,4-5,8,10,13-14,30H,2-3,6-7,9H2. The molecule has 1 N–H and O–H groups in total. The number of aliphatic hydroxyl groups is 1. The van der Waals surface area contributed by atoms with E-state index in [4.69, 9.17) is 16.0 Å². The number of hydrogen-bond donors (Lipinski definition) is 1. The zero-order valence-electron chi connectivity index (χ0n) is 17.0. The van der Waals surface area contributed by atoms with Crippen LogP contribution in [0, 0.1) is 0 Å². The molecule has 5 rings (SSSR count). The van der Waals surface area contributed by atoms with Crippen molar-refractivity contribution >= 4 is 29.1 Å². The first-order valence-electron chi connectivity index (χ1n) is 10.2. The number of carbonyl (C=O) groups excluding carboxylic acids is 2. The van der Waals surface area contributed by atoms with E-state index in [-0.39, 0.29) is 48.0 Å². The number of furan rings is 1. The molecule has 0 atom stereocenters. The van der Waals surface area contributed by atoms with Crippen LogP contribution in [0.2, 0.25) is 5.15 Å². The topological polar surface area (TPSA) is 91.3 Å². The summed E-state index contributed by atoms with van der Waals surface area (Å²) >= 11 is 6.33. The van der Waals surface area contributed by atoms with E-state index < -0.39 is 29.4 Å². The summed E-state index contributed by atoms with van der Waals surface area (Å²) in [6.45, 7) is 0.223. The lowest BCUT2D eigenvalue weighted by atomic mass is 9.87. The number of hydrogen-bond acceptors (Lipinski definition) is 5. The average Bonchev–Trinajstić information content (AvgIpc) is 3.38. The maximum atomic E-state index is 13.8. The number of amides is 2. The molecule has 1 saturated heterocycles. The number of piperazine rings is 1. The quantitative estimate of drug-likeness (QED) is 0.619. The summed E-state index contributed by atoms with van der Waals surface area (Å²) in [6, 6.07) is 2.37. The molecule has 8 nitrogen and oxygen atoms in total. The zero-order valence-corrected chi connectivity index (χ0v) is 17.8. The van der Waals surface area contributed by atoms with Gasteiger partial charge in [0.15, 0.2) is 11.3 Å². The van der Waals surface area contributed by atoms with E-state index in [1.807, 2.05) is 0 Å². The van der Waals surface area contributed by atoms with Gasteiger partial charge in [-0.2, -0.15) is 13.2 Å². The smallest absolute Gasteiger partial charge is 0.420 e. The highest BCUT2D eigenvalue weighted by atomic mass is 35.5. The Kier molecular flexibility index (Phi) is 5.13. The summed E-state index contributed by atoms with van der Waals surface area (Å²) in [5.74, 6) is -1.01. The molecule has 1 aliphatic heterocycles. The molecule has 0 radical (unpaired) electrons. The van der Waals surface area contributed by atoms with Crippen molar-refractivity contribution in [2.75, 3.05) is 19.6 Å². The first-order chi connectivity index (χ1) is 15.6. The van der Waals surface area contributed by atoms with Crippen molar-refractivity contribution in [2.24, 2.45) is 0 Å². The molecule has 4 heterocycles. The van der Waals surface area contributed by atoms with Crippen molar-refractivity contribution in [3.05, 3.63) is 47.3 Å². The number of aromatic nitrogens is 2. The lowest BCUT2D eigenvalue weighted by Gasteiger charge is -2.44. The highest BCUT2D eigenvalue weighted by Gasteiger charge is 2.40. The predicted molar refractivity (Wildman–Crippen MR) is 110 cm³/mol. The van der Waals surface area contributed by atoms with Gasteiger partial charge in [-0.1, -0.05) is 11.6 Å². The molecule has 33 heavy (non-hydrogen) atoms. The Hall–Kier alpha value is -3.05. The number of imidazole rings is 1. The zero-order chi connectivity index (χ0) is 23.5. The minimum Gasteiger partial charge on any atom is -0.472 e. The number of carbonyl (C=O) groups is 2. The van der Waals surface area contributed by atoms with E-state index in [1.165, 1.54) is 29.7 Å². The number of alkyl halides is 3. The molecule has 0 spiro atoms. The third-order valence-electron chi connectivity index (χ3n) is 6.10. The summed E-state index contributed by atoms with van der Waals surface area (Å²) in [5.41, 5.74) is -1.31. The first-order valence-corrected chi connectivity index (χ1v) is 10.6. The van der Waals surface area contributed by atoms with Gasteiger partial charge in [-0.15, -0.1) is 0 Å². The minimum atomic E-state index is -4.75. The van der Waals surface area contributed by atoms with Gasteiger partial charge in [-0.3, -0.25) is 14.0 Å². The van der Waals surface area contributed by atoms with Gasteiger partial charge >= 0.3 is 6.18 Å². The molecule has 2 fully saturated rings. The van der Waals surface area contributed by atoms with Crippen LogP contribution >= 0.6 is 11.6 Å². The molecule has 0 aromatic carbocycles. The number of pyridine rings is 1. The predicted octanol–water partition coefficient (Wildman–Crippen LogP) is 3.07. The van der Waals surface area contributed by atoms with E-state index in [1.54, 1.807) is 4.90 Å². The second-order valence-corrected chi connectivity index (χ2v) is 8.55. The summed E-state index contributed by atoms with van der Waals surface area (Å²) in [5, 5.41) is 9.20. The third kappa shape index (κ3) is 3.74. The van der Waals surface area contributed by atoms with Gasteiger partial charge in [0.2, 0.25) is 5.91 Å². The van der Waals surface area contributed by atoms with E-state index >= 15 is 0 Å². The number of nitrogens with zero attached hydrogens (tertiary/aromatic N) is 4. The molecule has 12 heteroatoms. The molecule has 0 unspecified atom stereocenters. The van der Waals surface area contributed by atoms with Gasteiger partial charge in [0.05, 0.1) is 24.2 Å². The van der Waals surface area contributed by atoms with Crippen LogP contribution in [0.1, 0.15) is 28.9 Å². The SMILES string of the molecule is O=C(c1nc2c(C(F)(F)F)cc(-c3ccoc3)cn2c1Cl)N1CCN(C2CC(O)C2)C(=O)C1. The van der Waals surface area contributed by atoms with Crippen LogP contribution in [0.5, 0.6) is 0 Å². The summed E-state index contributed by atoms with van der Waals surface area (Å²) < 4.78 is 47.4. The van der Waals surface area contributed by atoms with Gasteiger partial charge in [0.1, 0.15) is 11.7 Å². The number of rotatable bonds is 3. The molecule has 0 bridgehead atoms.